The van der Waals surface area contributed by atoms with E-state index in [1.54, 1.807) is 31.0 Å². The van der Waals surface area contributed by atoms with Crippen LogP contribution >= 0.6 is 0 Å². The lowest BCUT2D eigenvalue weighted by Gasteiger charge is -2.22. The lowest BCUT2D eigenvalue weighted by atomic mass is 10.2. The molecule has 0 radical (unpaired) electrons. The molecule has 1 amide bonds. The number of hydrogen-bond donors (Lipinski definition) is 0. The summed E-state index contributed by atoms with van der Waals surface area (Å²) >= 11 is 0. The van der Waals surface area contributed by atoms with Gasteiger partial charge in [0.25, 0.3) is 0 Å². The van der Waals surface area contributed by atoms with Gasteiger partial charge in [-0.3, -0.25) is 9.69 Å². The summed E-state index contributed by atoms with van der Waals surface area (Å²) in [6, 6.07) is 11.0. The molecule has 25 heavy (non-hydrogen) atoms. The number of nitrogens with zero attached hydrogens (tertiary/aromatic N) is 2. The first kappa shape index (κ1) is 18.9. The standard InChI is InChI=1S/C19H22F2N2O2/c1-22(12-15-7-8-16(20)10-18(15)21)13-19(24)23(2)11-14-5-4-6-17(9-14)25-3/h4-10H,11-13H2,1-3H3. The molecule has 0 saturated carbocycles. The number of carbonyl (C=O) groups is 1. The summed E-state index contributed by atoms with van der Waals surface area (Å²) in [5.74, 6) is -0.572. The maximum Gasteiger partial charge on any atom is 0.236 e. The molecule has 0 aliphatic rings. The smallest absolute Gasteiger partial charge is 0.236 e. The minimum atomic E-state index is -0.613. The van der Waals surface area contributed by atoms with Crippen LogP contribution in [0.4, 0.5) is 8.78 Å². The van der Waals surface area contributed by atoms with Gasteiger partial charge in [-0.15, -0.1) is 0 Å². The van der Waals surface area contributed by atoms with Crippen molar-refractivity contribution in [3.63, 3.8) is 0 Å². The first-order valence-electron chi connectivity index (χ1n) is 7.88. The van der Waals surface area contributed by atoms with Gasteiger partial charge in [0.15, 0.2) is 0 Å². The molecule has 134 valence electrons. The molecule has 0 atom stereocenters. The number of halogens is 2. The third-order valence-corrected chi connectivity index (χ3v) is 3.84. The Morgan fingerprint density at radius 3 is 2.52 bits per heavy atom. The van der Waals surface area contributed by atoms with Crippen LogP contribution in [-0.4, -0.2) is 43.5 Å². The van der Waals surface area contributed by atoms with Gasteiger partial charge in [-0.1, -0.05) is 18.2 Å². The lowest BCUT2D eigenvalue weighted by Crippen LogP contribution is -2.36. The minimum Gasteiger partial charge on any atom is -0.497 e. The van der Waals surface area contributed by atoms with E-state index in [9.17, 15) is 13.6 Å². The van der Waals surface area contributed by atoms with E-state index in [0.717, 1.165) is 17.4 Å². The van der Waals surface area contributed by atoms with Crippen LogP contribution in [0.25, 0.3) is 0 Å². The van der Waals surface area contributed by atoms with Gasteiger partial charge in [-0.25, -0.2) is 8.78 Å². The molecular weight excluding hydrogens is 326 g/mol. The summed E-state index contributed by atoms with van der Waals surface area (Å²) in [6.45, 7) is 0.816. The van der Waals surface area contributed by atoms with E-state index < -0.39 is 11.6 Å². The molecule has 0 heterocycles. The maximum absolute atomic E-state index is 13.7. The SMILES string of the molecule is COc1cccc(CN(C)C(=O)CN(C)Cc2ccc(F)cc2F)c1. The molecule has 2 rings (SSSR count). The van der Waals surface area contributed by atoms with Crippen LogP contribution in [0, 0.1) is 11.6 Å². The lowest BCUT2D eigenvalue weighted by molar-refractivity contribution is -0.131. The quantitative estimate of drug-likeness (QED) is 0.771. The van der Waals surface area contributed by atoms with E-state index in [1.165, 1.54) is 12.1 Å². The number of rotatable bonds is 7. The highest BCUT2D eigenvalue weighted by atomic mass is 19.1. The first-order valence-corrected chi connectivity index (χ1v) is 7.88. The van der Waals surface area contributed by atoms with Crippen molar-refractivity contribution in [3.8, 4) is 5.75 Å². The Morgan fingerprint density at radius 2 is 1.84 bits per heavy atom. The predicted octanol–water partition coefficient (Wildman–Crippen LogP) is 3.06. The number of likely N-dealkylation sites (N-methyl/N-ethyl adjacent to an activating group) is 2. The number of carbonyl (C=O) groups excluding carboxylic acids is 1. The molecule has 0 N–H and O–H groups in total. The van der Waals surface area contributed by atoms with Gasteiger partial charge in [0.1, 0.15) is 17.4 Å². The second-order valence-electron chi connectivity index (χ2n) is 6.01. The van der Waals surface area contributed by atoms with Gasteiger partial charge >= 0.3 is 0 Å². The fourth-order valence-electron chi connectivity index (χ4n) is 2.48. The number of amides is 1. The average Bonchev–Trinajstić information content (AvgIpc) is 2.57. The average molecular weight is 348 g/mol. The van der Waals surface area contributed by atoms with Crippen LogP contribution in [0.5, 0.6) is 5.75 Å². The normalized spacial score (nSPS) is 10.8. The summed E-state index contributed by atoms with van der Waals surface area (Å²) in [5.41, 5.74) is 1.31. The first-order chi connectivity index (χ1) is 11.9. The van der Waals surface area contributed by atoms with Gasteiger partial charge in [-0.05, 0) is 30.8 Å². The number of benzene rings is 2. The van der Waals surface area contributed by atoms with Crippen molar-refractivity contribution in [2.24, 2.45) is 0 Å². The van der Waals surface area contributed by atoms with Crippen LogP contribution < -0.4 is 4.74 Å². The summed E-state index contributed by atoms with van der Waals surface area (Å²) < 4.78 is 31.8. The number of methoxy groups -OCH3 is 1. The fourth-order valence-corrected chi connectivity index (χ4v) is 2.48. The van der Waals surface area contributed by atoms with Crippen LogP contribution in [0.1, 0.15) is 11.1 Å². The third kappa shape index (κ3) is 5.53. The summed E-state index contributed by atoms with van der Waals surface area (Å²) in [5, 5.41) is 0. The van der Waals surface area contributed by atoms with Gasteiger partial charge in [0.2, 0.25) is 5.91 Å². The molecule has 0 saturated heterocycles. The maximum atomic E-state index is 13.7. The van der Waals surface area contributed by atoms with Crippen LogP contribution in [0.15, 0.2) is 42.5 Å². The predicted molar refractivity (Wildman–Crippen MR) is 92.2 cm³/mol. The molecule has 2 aromatic carbocycles. The topological polar surface area (TPSA) is 32.8 Å². The Bertz CT molecular complexity index is 737. The molecule has 0 bridgehead atoms. The second kappa shape index (κ2) is 8.58. The minimum absolute atomic E-state index is 0.0900. The van der Waals surface area contributed by atoms with Gasteiger partial charge in [0.05, 0.1) is 13.7 Å². The van der Waals surface area contributed by atoms with Crippen molar-refractivity contribution in [2.45, 2.75) is 13.1 Å². The van der Waals surface area contributed by atoms with Gasteiger partial charge < -0.3 is 9.64 Å². The van der Waals surface area contributed by atoms with Crippen LogP contribution in [0.3, 0.4) is 0 Å². The Morgan fingerprint density at radius 1 is 1.08 bits per heavy atom. The third-order valence-electron chi connectivity index (χ3n) is 3.84. The Labute approximate surface area is 146 Å². The zero-order valence-electron chi connectivity index (χ0n) is 14.6. The molecule has 6 heteroatoms. The molecule has 2 aromatic rings. The molecule has 0 unspecified atom stereocenters. The molecular formula is C19H22F2N2O2. The van der Waals surface area contributed by atoms with E-state index in [1.807, 2.05) is 24.3 Å². The number of hydrogen-bond acceptors (Lipinski definition) is 3. The number of ether oxygens (including phenoxy) is 1. The van der Waals surface area contributed by atoms with Crippen molar-refractivity contribution >= 4 is 5.91 Å². The summed E-state index contributed by atoms with van der Waals surface area (Å²) in [6.07, 6.45) is 0. The van der Waals surface area contributed by atoms with Crippen molar-refractivity contribution in [1.29, 1.82) is 0 Å². The molecule has 0 aromatic heterocycles. The zero-order valence-corrected chi connectivity index (χ0v) is 14.6. The summed E-state index contributed by atoms with van der Waals surface area (Å²) in [4.78, 5) is 15.6. The second-order valence-corrected chi connectivity index (χ2v) is 6.01. The van der Waals surface area contributed by atoms with Crippen LogP contribution in [-0.2, 0) is 17.9 Å². The van der Waals surface area contributed by atoms with Crippen molar-refractivity contribution in [1.82, 2.24) is 9.80 Å². The molecule has 0 aliphatic heterocycles. The molecule has 0 fully saturated rings. The molecule has 4 nitrogen and oxygen atoms in total. The van der Waals surface area contributed by atoms with Gasteiger partial charge in [-0.2, -0.15) is 0 Å². The highest BCUT2D eigenvalue weighted by Gasteiger charge is 2.14. The highest BCUT2D eigenvalue weighted by Crippen LogP contribution is 2.14. The highest BCUT2D eigenvalue weighted by molar-refractivity contribution is 5.78. The molecule has 0 aliphatic carbocycles. The van der Waals surface area contributed by atoms with Crippen LogP contribution in [0.2, 0.25) is 0 Å². The Balaban J connectivity index is 1.91. The zero-order chi connectivity index (χ0) is 18.4. The van der Waals surface area contributed by atoms with Crippen molar-refractivity contribution in [2.75, 3.05) is 27.7 Å². The van der Waals surface area contributed by atoms with E-state index in [0.29, 0.717) is 12.1 Å². The monoisotopic (exact) mass is 348 g/mol. The molecule has 0 spiro atoms. The van der Waals surface area contributed by atoms with E-state index in [2.05, 4.69) is 0 Å². The van der Waals surface area contributed by atoms with E-state index >= 15 is 0 Å². The van der Waals surface area contributed by atoms with Crippen molar-refractivity contribution in [3.05, 3.63) is 65.2 Å². The summed E-state index contributed by atoms with van der Waals surface area (Å²) in [7, 11) is 5.03. The fraction of sp³-hybridized carbons (Fsp3) is 0.316. The Hall–Kier alpha value is -2.47. The van der Waals surface area contributed by atoms with Crippen molar-refractivity contribution < 1.29 is 18.3 Å². The largest absolute Gasteiger partial charge is 0.497 e. The van der Waals surface area contributed by atoms with E-state index in [4.69, 9.17) is 4.74 Å². The van der Waals surface area contributed by atoms with E-state index in [-0.39, 0.29) is 19.0 Å². The Kier molecular flexibility index (Phi) is 6.47. The van der Waals surface area contributed by atoms with Gasteiger partial charge in [0, 0.05) is 31.8 Å².